The van der Waals surface area contributed by atoms with Gasteiger partial charge in [0.25, 0.3) is 5.56 Å². The van der Waals surface area contributed by atoms with Crippen molar-refractivity contribution in [2.24, 2.45) is 0 Å². The van der Waals surface area contributed by atoms with E-state index in [1.807, 2.05) is 4.90 Å². The standard InChI is InChI=1S/C27H24ClFN6O3/c1-38-20-4-2-3-17(12-20)23(36)15-34-16-32-24-21(13-30)26(33-9-7-31-8-10-33)35(25(24)27(34)37)14-18-11-19(29)5-6-22(18)28/h2-6,11-12,16,31H,7-10,14-15H2,1H3. The van der Waals surface area contributed by atoms with Gasteiger partial charge in [0.05, 0.1) is 26.5 Å². The molecule has 1 aliphatic rings. The molecule has 5 rings (SSSR count). The van der Waals surface area contributed by atoms with Crippen LogP contribution in [0.3, 0.4) is 0 Å². The van der Waals surface area contributed by atoms with E-state index in [9.17, 15) is 19.2 Å². The van der Waals surface area contributed by atoms with Crippen molar-refractivity contribution in [1.29, 1.82) is 5.26 Å². The highest BCUT2D eigenvalue weighted by atomic mass is 35.5. The number of methoxy groups -OCH3 is 1. The zero-order valence-electron chi connectivity index (χ0n) is 20.6. The number of nitrogens with zero attached hydrogens (tertiary/aromatic N) is 5. The third-order valence-corrected chi connectivity index (χ3v) is 6.94. The second kappa shape index (κ2) is 10.7. The number of carbonyl (C=O) groups excluding carboxylic acids is 1. The number of nitriles is 1. The van der Waals surface area contributed by atoms with E-state index in [0.29, 0.717) is 53.9 Å². The van der Waals surface area contributed by atoms with E-state index in [4.69, 9.17) is 16.3 Å². The summed E-state index contributed by atoms with van der Waals surface area (Å²) in [6.45, 7) is 2.37. The number of nitrogens with one attached hydrogen (secondary N) is 1. The van der Waals surface area contributed by atoms with Crippen molar-refractivity contribution >= 4 is 34.2 Å². The van der Waals surface area contributed by atoms with E-state index in [-0.39, 0.29) is 35.5 Å². The van der Waals surface area contributed by atoms with Gasteiger partial charge in [-0.2, -0.15) is 5.26 Å². The number of hydrogen-bond donors (Lipinski definition) is 1. The summed E-state index contributed by atoms with van der Waals surface area (Å²) in [5.74, 6) is 0.272. The molecule has 1 aliphatic heterocycles. The van der Waals surface area contributed by atoms with Gasteiger partial charge in [-0.1, -0.05) is 23.7 Å². The normalized spacial score (nSPS) is 13.5. The third kappa shape index (κ3) is 4.74. The Balaban J connectivity index is 1.67. The number of carbonyl (C=O) groups is 1. The molecule has 2 aromatic carbocycles. The van der Waals surface area contributed by atoms with Crippen LogP contribution in [0.1, 0.15) is 21.5 Å². The van der Waals surface area contributed by atoms with Gasteiger partial charge in [0.2, 0.25) is 0 Å². The van der Waals surface area contributed by atoms with Gasteiger partial charge in [0.1, 0.15) is 40.1 Å². The lowest BCUT2D eigenvalue weighted by atomic mass is 10.1. The maximum absolute atomic E-state index is 14.1. The monoisotopic (exact) mass is 534 g/mol. The third-order valence-electron chi connectivity index (χ3n) is 6.57. The lowest BCUT2D eigenvalue weighted by molar-refractivity contribution is 0.0970. The molecule has 1 saturated heterocycles. The predicted octanol–water partition coefficient (Wildman–Crippen LogP) is 3.21. The molecule has 0 radical (unpaired) electrons. The fourth-order valence-electron chi connectivity index (χ4n) is 4.70. The Morgan fingerprint density at radius 1 is 1.24 bits per heavy atom. The minimum atomic E-state index is -0.489. The van der Waals surface area contributed by atoms with Crippen molar-refractivity contribution in [2.75, 3.05) is 38.2 Å². The first-order valence-corrected chi connectivity index (χ1v) is 12.4. The highest BCUT2D eigenvalue weighted by Crippen LogP contribution is 2.32. The van der Waals surface area contributed by atoms with E-state index in [0.717, 1.165) is 0 Å². The molecule has 0 spiro atoms. The molecule has 9 nitrogen and oxygen atoms in total. The molecule has 4 aromatic rings. The molecule has 0 aliphatic carbocycles. The highest BCUT2D eigenvalue weighted by Gasteiger charge is 2.27. The lowest BCUT2D eigenvalue weighted by Crippen LogP contribution is -2.44. The summed E-state index contributed by atoms with van der Waals surface area (Å²) in [5.41, 5.74) is 0.971. The van der Waals surface area contributed by atoms with E-state index >= 15 is 0 Å². The number of anilines is 1. The van der Waals surface area contributed by atoms with Gasteiger partial charge < -0.3 is 19.5 Å². The molecular formula is C27H24ClFN6O3. The molecule has 11 heteroatoms. The summed E-state index contributed by atoms with van der Waals surface area (Å²) in [6.07, 6.45) is 1.28. The van der Waals surface area contributed by atoms with Crippen LogP contribution in [0.25, 0.3) is 11.0 Å². The van der Waals surface area contributed by atoms with Crippen LogP contribution in [0, 0.1) is 17.1 Å². The van der Waals surface area contributed by atoms with Gasteiger partial charge in [-0.15, -0.1) is 0 Å². The first-order chi connectivity index (χ1) is 18.4. The SMILES string of the molecule is COc1cccc(C(=O)Cn2cnc3c(C#N)c(N4CCNCC4)n(Cc4cc(F)ccc4Cl)c3c2=O)c1. The van der Waals surface area contributed by atoms with Crippen molar-refractivity contribution < 1.29 is 13.9 Å². The smallest absolute Gasteiger partial charge is 0.278 e. The Kier molecular flexibility index (Phi) is 7.13. The number of halogens is 2. The van der Waals surface area contributed by atoms with Crippen LogP contribution in [-0.2, 0) is 13.1 Å². The van der Waals surface area contributed by atoms with Crippen LogP contribution >= 0.6 is 11.6 Å². The predicted molar refractivity (Wildman–Crippen MR) is 142 cm³/mol. The molecule has 0 bridgehead atoms. The molecule has 0 atom stereocenters. The van der Waals surface area contributed by atoms with Gasteiger partial charge in [-0.25, -0.2) is 9.37 Å². The fraction of sp³-hybridized carbons (Fsp3) is 0.259. The lowest BCUT2D eigenvalue weighted by Gasteiger charge is -2.30. The average molecular weight is 535 g/mol. The van der Waals surface area contributed by atoms with Gasteiger partial charge in [-0.05, 0) is 35.9 Å². The van der Waals surface area contributed by atoms with Crippen LogP contribution in [0.4, 0.5) is 10.2 Å². The van der Waals surface area contributed by atoms with Crippen molar-refractivity contribution in [3.63, 3.8) is 0 Å². The first-order valence-electron chi connectivity index (χ1n) is 12.0. The highest BCUT2D eigenvalue weighted by molar-refractivity contribution is 6.31. The summed E-state index contributed by atoms with van der Waals surface area (Å²) >= 11 is 6.39. The zero-order valence-corrected chi connectivity index (χ0v) is 21.3. The van der Waals surface area contributed by atoms with E-state index < -0.39 is 11.4 Å². The molecule has 194 valence electrons. The van der Waals surface area contributed by atoms with E-state index in [2.05, 4.69) is 16.4 Å². The molecule has 38 heavy (non-hydrogen) atoms. The number of piperazine rings is 1. The van der Waals surface area contributed by atoms with Crippen LogP contribution in [0.2, 0.25) is 5.02 Å². The number of ketones is 1. The van der Waals surface area contributed by atoms with Gasteiger partial charge >= 0.3 is 0 Å². The average Bonchev–Trinajstić information content (AvgIpc) is 3.26. The second-order valence-corrected chi connectivity index (χ2v) is 9.31. The summed E-state index contributed by atoms with van der Waals surface area (Å²) < 4.78 is 22.2. The molecule has 2 aromatic heterocycles. The summed E-state index contributed by atoms with van der Waals surface area (Å²) in [7, 11) is 1.51. The number of aromatic nitrogens is 3. The van der Waals surface area contributed by atoms with Crippen LogP contribution in [0.5, 0.6) is 5.75 Å². The second-order valence-electron chi connectivity index (χ2n) is 8.90. The summed E-state index contributed by atoms with van der Waals surface area (Å²) in [6, 6.07) is 12.9. The van der Waals surface area contributed by atoms with E-state index in [1.165, 1.54) is 36.2 Å². The van der Waals surface area contributed by atoms with Gasteiger partial charge in [0, 0.05) is 36.8 Å². The fourth-order valence-corrected chi connectivity index (χ4v) is 4.88. The van der Waals surface area contributed by atoms with Crippen LogP contribution in [-0.4, -0.2) is 53.2 Å². The Labute approximate surface area is 222 Å². The van der Waals surface area contributed by atoms with Crippen LogP contribution < -0.4 is 20.5 Å². The summed E-state index contributed by atoms with van der Waals surface area (Å²) in [4.78, 5) is 33.3. The molecular weight excluding hydrogens is 511 g/mol. The Bertz CT molecular complexity index is 1630. The van der Waals surface area contributed by atoms with Crippen LogP contribution in [0.15, 0.2) is 53.6 Å². The van der Waals surface area contributed by atoms with Crippen molar-refractivity contribution in [2.45, 2.75) is 13.1 Å². The maximum Gasteiger partial charge on any atom is 0.278 e. The maximum atomic E-state index is 14.1. The molecule has 0 saturated carbocycles. The minimum Gasteiger partial charge on any atom is -0.497 e. The molecule has 1 fully saturated rings. The molecule has 0 unspecified atom stereocenters. The van der Waals surface area contributed by atoms with Crippen molar-refractivity contribution in [1.82, 2.24) is 19.4 Å². The number of benzene rings is 2. The van der Waals surface area contributed by atoms with E-state index in [1.54, 1.807) is 28.8 Å². The number of ether oxygens (including phenoxy) is 1. The number of rotatable bonds is 7. The number of Topliss-reactive ketones (excluding diaryl/α,β-unsaturated/α-hetero) is 1. The largest absolute Gasteiger partial charge is 0.497 e. The van der Waals surface area contributed by atoms with Gasteiger partial charge in [0.15, 0.2) is 5.78 Å². The molecule has 1 N–H and O–H groups in total. The topological polar surface area (TPSA) is 105 Å². The Morgan fingerprint density at radius 3 is 2.76 bits per heavy atom. The summed E-state index contributed by atoms with van der Waals surface area (Å²) in [5, 5.41) is 13.7. The molecule has 3 heterocycles. The quantitative estimate of drug-likeness (QED) is 0.363. The Hall–Kier alpha value is -4.20. The first kappa shape index (κ1) is 25.4. The number of fused-ring (bicyclic) bond motifs is 1. The van der Waals surface area contributed by atoms with Crippen molar-refractivity contribution in [3.8, 4) is 11.8 Å². The van der Waals surface area contributed by atoms with Gasteiger partial charge in [-0.3, -0.25) is 14.2 Å². The Morgan fingerprint density at radius 2 is 2.03 bits per heavy atom. The molecule has 0 amide bonds. The minimum absolute atomic E-state index is 0.0405. The number of hydrogen-bond acceptors (Lipinski definition) is 7. The van der Waals surface area contributed by atoms with Crippen molar-refractivity contribution in [3.05, 3.63) is 86.7 Å². The zero-order chi connectivity index (χ0) is 26.8.